The van der Waals surface area contributed by atoms with Gasteiger partial charge in [-0.05, 0) is 54.7 Å². The van der Waals surface area contributed by atoms with Crippen molar-refractivity contribution in [2.45, 2.75) is 39.0 Å². The molecule has 0 N–H and O–H groups in total. The molecule has 0 radical (unpaired) electrons. The number of hydrogen-bond acceptors (Lipinski definition) is 4. The Balaban J connectivity index is 1.73. The van der Waals surface area contributed by atoms with Gasteiger partial charge in [-0.3, -0.25) is 4.79 Å². The standard InChI is InChI=1S/C22H26O4/c1-3-21(23)19-10-9-18-16-20(12-11-17(18)15-19)25-13-7-5-6-8-14-26-22(24)4-2/h4,9-12,15-16H,2-3,5-8,13-14H2,1H3. The molecule has 0 fully saturated rings. The summed E-state index contributed by atoms with van der Waals surface area (Å²) in [6, 6.07) is 11.7. The maximum Gasteiger partial charge on any atom is 0.330 e. The summed E-state index contributed by atoms with van der Waals surface area (Å²) < 4.78 is 10.7. The Morgan fingerprint density at radius 1 is 0.962 bits per heavy atom. The number of ketones is 1. The molecule has 2 aromatic carbocycles. The van der Waals surface area contributed by atoms with Crippen LogP contribution < -0.4 is 4.74 Å². The van der Waals surface area contributed by atoms with E-state index in [1.165, 1.54) is 6.08 Å². The number of hydrogen-bond donors (Lipinski definition) is 0. The minimum absolute atomic E-state index is 0.159. The summed E-state index contributed by atoms with van der Waals surface area (Å²) in [7, 11) is 0. The molecular weight excluding hydrogens is 328 g/mol. The number of unbranched alkanes of at least 4 members (excludes halogenated alkanes) is 3. The third kappa shape index (κ3) is 6.03. The van der Waals surface area contributed by atoms with Crippen molar-refractivity contribution in [1.29, 1.82) is 0 Å². The number of ether oxygens (including phenoxy) is 2. The van der Waals surface area contributed by atoms with Gasteiger partial charge in [-0.15, -0.1) is 0 Å². The van der Waals surface area contributed by atoms with Crippen LogP contribution in [0.25, 0.3) is 10.8 Å². The van der Waals surface area contributed by atoms with Gasteiger partial charge in [0.15, 0.2) is 5.78 Å². The molecule has 26 heavy (non-hydrogen) atoms. The fraction of sp³-hybridized carbons (Fsp3) is 0.364. The van der Waals surface area contributed by atoms with E-state index in [1.54, 1.807) is 0 Å². The number of fused-ring (bicyclic) bond motifs is 1. The zero-order valence-corrected chi connectivity index (χ0v) is 15.3. The monoisotopic (exact) mass is 354 g/mol. The quantitative estimate of drug-likeness (QED) is 0.244. The van der Waals surface area contributed by atoms with Gasteiger partial charge in [0.2, 0.25) is 0 Å². The zero-order valence-electron chi connectivity index (χ0n) is 15.3. The lowest BCUT2D eigenvalue weighted by molar-refractivity contribution is -0.137. The van der Waals surface area contributed by atoms with Crippen LogP contribution in [0.15, 0.2) is 49.1 Å². The number of benzene rings is 2. The van der Waals surface area contributed by atoms with Crippen LogP contribution in [0.4, 0.5) is 0 Å². The molecule has 2 aromatic rings. The lowest BCUT2D eigenvalue weighted by atomic mass is 10.0. The molecule has 0 saturated carbocycles. The largest absolute Gasteiger partial charge is 0.494 e. The van der Waals surface area contributed by atoms with Crippen molar-refractivity contribution in [3.8, 4) is 5.75 Å². The van der Waals surface area contributed by atoms with Gasteiger partial charge in [-0.25, -0.2) is 4.79 Å². The first-order chi connectivity index (χ1) is 12.6. The highest BCUT2D eigenvalue weighted by atomic mass is 16.5. The molecule has 0 saturated heterocycles. The Bertz CT molecular complexity index is 764. The molecule has 0 heterocycles. The number of carbonyl (C=O) groups is 2. The molecule has 138 valence electrons. The van der Waals surface area contributed by atoms with Crippen molar-refractivity contribution in [2.75, 3.05) is 13.2 Å². The zero-order chi connectivity index (χ0) is 18.8. The van der Waals surface area contributed by atoms with Crippen LogP contribution in [-0.4, -0.2) is 25.0 Å². The van der Waals surface area contributed by atoms with Gasteiger partial charge in [0.25, 0.3) is 0 Å². The van der Waals surface area contributed by atoms with E-state index >= 15 is 0 Å². The first-order valence-electron chi connectivity index (χ1n) is 9.13. The van der Waals surface area contributed by atoms with Gasteiger partial charge in [0.05, 0.1) is 13.2 Å². The van der Waals surface area contributed by atoms with Crippen molar-refractivity contribution in [3.63, 3.8) is 0 Å². The third-order valence-corrected chi connectivity index (χ3v) is 4.17. The molecule has 0 bridgehead atoms. The molecule has 2 rings (SSSR count). The summed E-state index contributed by atoms with van der Waals surface area (Å²) >= 11 is 0. The Morgan fingerprint density at radius 2 is 1.65 bits per heavy atom. The van der Waals surface area contributed by atoms with Gasteiger partial charge in [0.1, 0.15) is 5.75 Å². The second-order valence-electron chi connectivity index (χ2n) is 6.13. The van der Waals surface area contributed by atoms with E-state index < -0.39 is 0 Å². The molecule has 0 aliphatic rings. The molecule has 0 aliphatic carbocycles. The number of rotatable bonds is 11. The SMILES string of the molecule is C=CC(=O)OCCCCCCOc1ccc2cc(C(=O)CC)ccc2c1. The molecule has 0 aliphatic heterocycles. The van der Waals surface area contributed by atoms with Crippen LogP contribution in [0, 0.1) is 0 Å². The maximum absolute atomic E-state index is 11.8. The van der Waals surface area contributed by atoms with Crippen molar-refractivity contribution in [2.24, 2.45) is 0 Å². The van der Waals surface area contributed by atoms with Crippen LogP contribution in [0.5, 0.6) is 5.75 Å². The first kappa shape index (κ1) is 19.7. The van der Waals surface area contributed by atoms with E-state index in [4.69, 9.17) is 9.47 Å². The minimum atomic E-state index is -0.365. The average molecular weight is 354 g/mol. The molecule has 0 aromatic heterocycles. The molecule has 4 nitrogen and oxygen atoms in total. The van der Waals surface area contributed by atoms with E-state index in [2.05, 4.69) is 6.58 Å². The first-order valence-corrected chi connectivity index (χ1v) is 9.13. The summed E-state index contributed by atoms with van der Waals surface area (Å²) in [5, 5.41) is 2.12. The van der Waals surface area contributed by atoms with Crippen molar-refractivity contribution in [1.82, 2.24) is 0 Å². The fourth-order valence-corrected chi connectivity index (χ4v) is 2.67. The van der Waals surface area contributed by atoms with Gasteiger partial charge in [0, 0.05) is 18.1 Å². The van der Waals surface area contributed by atoms with Crippen molar-refractivity contribution >= 4 is 22.5 Å². The number of Topliss-reactive ketones (excluding diaryl/α,β-unsaturated/α-hetero) is 1. The summed E-state index contributed by atoms with van der Waals surface area (Å²) in [6.07, 6.45) is 5.54. The van der Waals surface area contributed by atoms with E-state index in [-0.39, 0.29) is 11.8 Å². The van der Waals surface area contributed by atoms with Gasteiger partial charge in [-0.1, -0.05) is 31.7 Å². The van der Waals surface area contributed by atoms with Crippen LogP contribution in [0.1, 0.15) is 49.4 Å². The highest BCUT2D eigenvalue weighted by Gasteiger charge is 2.05. The predicted octanol–water partition coefficient (Wildman–Crippen LogP) is 5.10. The van der Waals surface area contributed by atoms with Gasteiger partial charge in [-0.2, -0.15) is 0 Å². The Hall–Kier alpha value is -2.62. The van der Waals surface area contributed by atoms with Crippen molar-refractivity contribution < 1.29 is 19.1 Å². The minimum Gasteiger partial charge on any atom is -0.494 e. The van der Waals surface area contributed by atoms with E-state index in [9.17, 15) is 9.59 Å². The second-order valence-corrected chi connectivity index (χ2v) is 6.13. The Kier molecular flexibility index (Phi) is 7.87. The maximum atomic E-state index is 11.8. The summed E-state index contributed by atoms with van der Waals surface area (Å²) in [6.45, 7) is 6.33. The average Bonchev–Trinajstić information content (AvgIpc) is 2.68. The summed E-state index contributed by atoms with van der Waals surface area (Å²) in [5.41, 5.74) is 0.757. The Morgan fingerprint density at radius 3 is 2.38 bits per heavy atom. The van der Waals surface area contributed by atoms with Crippen LogP contribution in [0.2, 0.25) is 0 Å². The molecule has 0 amide bonds. The van der Waals surface area contributed by atoms with E-state index in [0.29, 0.717) is 19.6 Å². The van der Waals surface area contributed by atoms with Gasteiger partial charge < -0.3 is 9.47 Å². The highest BCUT2D eigenvalue weighted by molar-refractivity contribution is 5.99. The predicted molar refractivity (Wildman–Crippen MR) is 104 cm³/mol. The smallest absolute Gasteiger partial charge is 0.330 e. The molecular formula is C22H26O4. The normalized spacial score (nSPS) is 10.5. The van der Waals surface area contributed by atoms with Crippen LogP contribution >= 0.6 is 0 Å². The second kappa shape index (κ2) is 10.4. The third-order valence-electron chi connectivity index (χ3n) is 4.17. The van der Waals surface area contributed by atoms with E-state index in [1.807, 2.05) is 43.3 Å². The molecule has 0 spiro atoms. The van der Waals surface area contributed by atoms with Gasteiger partial charge >= 0.3 is 5.97 Å². The van der Waals surface area contributed by atoms with Crippen LogP contribution in [0.3, 0.4) is 0 Å². The highest BCUT2D eigenvalue weighted by Crippen LogP contribution is 2.23. The molecule has 0 atom stereocenters. The molecule has 4 heteroatoms. The number of carbonyl (C=O) groups excluding carboxylic acids is 2. The van der Waals surface area contributed by atoms with Crippen molar-refractivity contribution in [3.05, 3.63) is 54.6 Å². The molecule has 0 unspecified atom stereocenters. The Labute approximate surface area is 154 Å². The lowest BCUT2D eigenvalue weighted by Crippen LogP contribution is -2.02. The topological polar surface area (TPSA) is 52.6 Å². The number of esters is 1. The van der Waals surface area contributed by atoms with E-state index in [0.717, 1.165) is 47.8 Å². The summed E-state index contributed by atoms with van der Waals surface area (Å²) in [5.74, 6) is 0.634. The summed E-state index contributed by atoms with van der Waals surface area (Å²) in [4.78, 5) is 22.7. The fourth-order valence-electron chi connectivity index (χ4n) is 2.67. The lowest BCUT2D eigenvalue weighted by Gasteiger charge is -2.08. The van der Waals surface area contributed by atoms with Crippen LogP contribution in [-0.2, 0) is 9.53 Å².